The number of hydrogen-bond acceptors (Lipinski definition) is 6. The molecule has 0 spiro atoms. The largest absolute Gasteiger partial charge is 0.348 e. The van der Waals surface area contributed by atoms with E-state index in [1.807, 2.05) is 19.9 Å². The molecular weight excluding hydrogens is 362 g/mol. The Bertz CT molecular complexity index is 1060. The zero-order valence-electron chi connectivity index (χ0n) is 15.5. The van der Waals surface area contributed by atoms with E-state index in [-0.39, 0.29) is 23.4 Å². The summed E-state index contributed by atoms with van der Waals surface area (Å²) < 4.78 is 13.3. The van der Waals surface area contributed by atoms with E-state index in [2.05, 4.69) is 4.98 Å². The van der Waals surface area contributed by atoms with Gasteiger partial charge in [0.15, 0.2) is 11.6 Å². The zero-order chi connectivity index (χ0) is 19.9. The minimum atomic E-state index is -0.691. The second-order valence-electron chi connectivity index (χ2n) is 7.12. The summed E-state index contributed by atoms with van der Waals surface area (Å²) in [5.41, 5.74) is 1.46. The van der Waals surface area contributed by atoms with E-state index in [1.54, 1.807) is 34.9 Å². The van der Waals surface area contributed by atoms with Crippen molar-refractivity contribution in [2.24, 2.45) is 0 Å². The van der Waals surface area contributed by atoms with Crippen molar-refractivity contribution in [1.82, 2.24) is 9.55 Å². The quantitative estimate of drug-likeness (QED) is 0.382. The first-order chi connectivity index (χ1) is 13.3. The molecule has 2 heterocycles. The van der Waals surface area contributed by atoms with E-state index in [4.69, 9.17) is 9.47 Å². The second-order valence-corrected chi connectivity index (χ2v) is 7.12. The normalized spacial score (nSPS) is 18.4. The Balaban J connectivity index is 1.80. The third-order valence-electron chi connectivity index (χ3n) is 4.64. The highest BCUT2D eigenvalue weighted by atomic mass is 16.7. The van der Waals surface area contributed by atoms with Gasteiger partial charge >= 0.3 is 0 Å². The highest BCUT2D eigenvalue weighted by Gasteiger charge is 2.34. The highest BCUT2D eigenvalue weighted by molar-refractivity contribution is 6.08. The zero-order valence-corrected chi connectivity index (χ0v) is 15.5. The van der Waals surface area contributed by atoms with Crippen LogP contribution in [0.4, 0.5) is 5.69 Å². The minimum absolute atomic E-state index is 0.0718. The standard InChI is InChI=1S/C20H19N3O5/c1-20(2)27-12-15(28-20)11-22-17-9-8-14(23(25)26)10-16(17)21-19(22)18(24)13-6-4-3-5-7-13/h3-10,15H,11-12H2,1-2H3. The summed E-state index contributed by atoms with van der Waals surface area (Å²) in [6.07, 6.45) is -0.259. The average molecular weight is 381 g/mol. The molecule has 4 rings (SSSR count). The van der Waals surface area contributed by atoms with Crippen LogP contribution in [0, 0.1) is 10.1 Å². The molecule has 3 aromatic rings. The fourth-order valence-corrected chi connectivity index (χ4v) is 3.37. The maximum atomic E-state index is 13.1. The van der Waals surface area contributed by atoms with Crippen LogP contribution in [-0.4, -0.2) is 38.8 Å². The van der Waals surface area contributed by atoms with Crippen molar-refractivity contribution in [2.75, 3.05) is 6.61 Å². The van der Waals surface area contributed by atoms with Gasteiger partial charge in [0, 0.05) is 17.7 Å². The molecule has 1 saturated heterocycles. The number of carbonyl (C=O) groups is 1. The van der Waals surface area contributed by atoms with Gasteiger partial charge in [-0.3, -0.25) is 14.9 Å². The third-order valence-corrected chi connectivity index (χ3v) is 4.64. The molecule has 1 unspecified atom stereocenters. The molecule has 2 aromatic carbocycles. The number of aromatic nitrogens is 2. The first kappa shape index (κ1) is 18.3. The smallest absolute Gasteiger partial charge is 0.271 e. The SMILES string of the molecule is CC1(C)OCC(Cn2c(C(=O)c3ccccc3)nc3cc([N+](=O)[O-])ccc32)O1. The molecule has 1 aliphatic heterocycles. The van der Waals surface area contributed by atoms with Gasteiger partial charge in [-0.25, -0.2) is 4.98 Å². The van der Waals surface area contributed by atoms with Gasteiger partial charge in [0.25, 0.3) is 5.69 Å². The van der Waals surface area contributed by atoms with E-state index in [1.165, 1.54) is 12.1 Å². The number of imidazole rings is 1. The van der Waals surface area contributed by atoms with Crippen molar-refractivity contribution >= 4 is 22.5 Å². The Morgan fingerprint density at radius 1 is 1.29 bits per heavy atom. The van der Waals surface area contributed by atoms with Crippen molar-refractivity contribution in [3.63, 3.8) is 0 Å². The molecule has 0 aliphatic carbocycles. The molecule has 144 valence electrons. The molecule has 1 fully saturated rings. The van der Waals surface area contributed by atoms with Gasteiger partial charge in [0.1, 0.15) is 6.10 Å². The van der Waals surface area contributed by atoms with Crippen LogP contribution in [-0.2, 0) is 16.0 Å². The summed E-state index contributed by atoms with van der Waals surface area (Å²) in [7, 11) is 0. The van der Waals surface area contributed by atoms with Gasteiger partial charge < -0.3 is 14.0 Å². The first-order valence-corrected chi connectivity index (χ1v) is 8.90. The number of nitro groups is 1. The Hall–Kier alpha value is -3.10. The van der Waals surface area contributed by atoms with Crippen molar-refractivity contribution in [1.29, 1.82) is 0 Å². The van der Waals surface area contributed by atoms with Crippen LogP contribution < -0.4 is 0 Å². The average Bonchev–Trinajstić information content (AvgIpc) is 3.21. The summed E-state index contributed by atoms with van der Waals surface area (Å²) in [4.78, 5) is 28.1. The lowest BCUT2D eigenvalue weighted by atomic mass is 10.1. The highest BCUT2D eigenvalue weighted by Crippen LogP contribution is 2.27. The van der Waals surface area contributed by atoms with Crippen molar-refractivity contribution in [3.05, 3.63) is 70.0 Å². The topological polar surface area (TPSA) is 96.5 Å². The summed E-state index contributed by atoms with van der Waals surface area (Å²) in [5, 5.41) is 11.1. The maximum absolute atomic E-state index is 13.1. The summed E-state index contributed by atoms with van der Waals surface area (Å²) in [6, 6.07) is 13.2. The van der Waals surface area contributed by atoms with Crippen LogP contribution in [0.3, 0.4) is 0 Å². The van der Waals surface area contributed by atoms with Crippen molar-refractivity contribution < 1.29 is 19.2 Å². The number of nitrogens with zero attached hydrogens (tertiary/aromatic N) is 3. The molecule has 28 heavy (non-hydrogen) atoms. The van der Waals surface area contributed by atoms with Crippen LogP contribution in [0.15, 0.2) is 48.5 Å². The van der Waals surface area contributed by atoms with E-state index in [0.29, 0.717) is 29.7 Å². The molecule has 0 saturated carbocycles. The molecule has 0 amide bonds. The predicted molar refractivity (Wildman–Crippen MR) is 101 cm³/mol. The minimum Gasteiger partial charge on any atom is -0.348 e. The molecule has 0 radical (unpaired) electrons. The Morgan fingerprint density at radius 3 is 2.68 bits per heavy atom. The number of hydrogen-bond donors (Lipinski definition) is 0. The third kappa shape index (κ3) is 3.39. The van der Waals surface area contributed by atoms with Crippen molar-refractivity contribution in [2.45, 2.75) is 32.3 Å². The van der Waals surface area contributed by atoms with Gasteiger partial charge in [0.2, 0.25) is 5.78 Å². The van der Waals surface area contributed by atoms with E-state index < -0.39 is 10.7 Å². The number of ketones is 1. The van der Waals surface area contributed by atoms with Crippen LogP contribution in [0.2, 0.25) is 0 Å². The molecule has 1 aliphatic rings. The van der Waals surface area contributed by atoms with Gasteiger partial charge in [-0.05, 0) is 19.9 Å². The Labute approximate surface area is 160 Å². The number of nitro benzene ring substituents is 1. The monoisotopic (exact) mass is 381 g/mol. The number of benzene rings is 2. The number of rotatable bonds is 5. The van der Waals surface area contributed by atoms with Crippen LogP contribution in [0.5, 0.6) is 0 Å². The van der Waals surface area contributed by atoms with Crippen LogP contribution >= 0.6 is 0 Å². The molecule has 8 nitrogen and oxygen atoms in total. The number of non-ortho nitro benzene ring substituents is 1. The molecule has 8 heteroatoms. The summed E-state index contributed by atoms with van der Waals surface area (Å²) in [5.74, 6) is -0.726. The summed E-state index contributed by atoms with van der Waals surface area (Å²) in [6.45, 7) is 4.40. The maximum Gasteiger partial charge on any atom is 0.271 e. The number of fused-ring (bicyclic) bond motifs is 1. The Kier molecular flexibility index (Phi) is 4.44. The molecule has 0 N–H and O–H groups in total. The number of carbonyl (C=O) groups excluding carboxylic acids is 1. The summed E-state index contributed by atoms with van der Waals surface area (Å²) >= 11 is 0. The fourth-order valence-electron chi connectivity index (χ4n) is 3.37. The molecule has 0 bridgehead atoms. The van der Waals surface area contributed by atoms with Crippen LogP contribution in [0.1, 0.15) is 30.0 Å². The van der Waals surface area contributed by atoms with E-state index in [0.717, 1.165) is 0 Å². The lowest BCUT2D eigenvalue weighted by Gasteiger charge is -2.18. The van der Waals surface area contributed by atoms with Crippen molar-refractivity contribution in [3.8, 4) is 0 Å². The fraction of sp³-hybridized carbons (Fsp3) is 0.300. The van der Waals surface area contributed by atoms with Crippen LogP contribution in [0.25, 0.3) is 11.0 Å². The molecule has 1 atom stereocenters. The molecule has 1 aromatic heterocycles. The number of ether oxygens (including phenoxy) is 2. The lowest BCUT2D eigenvalue weighted by Crippen LogP contribution is -2.25. The Morgan fingerprint density at radius 2 is 2.04 bits per heavy atom. The van der Waals surface area contributed by atoms with Gasteiger partial charge in [-0.1, -0.05) is 30.3 Å². The van der Waals surface area contributed by atoms with Gasteiger partial charge in [-0.2, -0.15) is 0 Å². The first-order valence-electron chi connectivity index (χ1n) is 8.90. The lowest BCUT2D eigenvalue weighted by molar-refractivity contribution is -0.384. The van der Waals surface area contributed by atoms with Gasteiger partial charge in [-0.15, -0.1) is 0 Å². The van der Waals surface area contributed by atoms with E-state index in [9.17, 15) is 14.9 Å². The molecular formula is C20H19N3O5. The second kappa shape index (κ2) is 6.81. The van der Waals surface area contributed by atoms with E-state index >= 15 is 0 Å². The van der Waals surface area contributed by atoms with Gasteiger partial charge in [0.05, 0.1) is 29.1 Å². The predicted octanol–water partition coefficient (Wildman–Crippen LogP) is 3.33.